The molecule has 0 radical (unpaired) electrons. The molecule has 1 fully saturated rings. The third-order valence-corrected chi connectivity index (χ3v) is 5.28. The Hall–Kier alpha value is -3.20. The summed E-state index contributed by atoms with van der Waals surface area (Å²) in [4.78, 5) is 25.5. The molecular weight excluding hydrogens is 434 g/mol. The number of hydrogen-bond donors (Lipinski definition) is 4. The van der Waals surface area contributed by atoms with Crippen LogP contribution in [0.5, 0.6) is 0 Å². The Bertz CT molecular complexity index is 1120. The van der Waals surface area contributed by atoms with Crippen LogP contribution in [0.15, 0.2) is 12.5 Å². The second-order valence-electron chi connectivity index (χ2n) is 7.56. The van der Waals surface area contributed by atoms with Gasteiger partial charge in [-0.15, -0.1) is 5.10 Å². The van der Waals surface area contributed by atoms with Crippen molar-refractivity contribution in [2.45, 2.75) is 44.3 Å². The lowest BCUT2D eigenvalue weighted by Gasteiger charge is -2.17. The van der Waals surface area contributed by atoms with Crippen molar-refractivity contribution in [3.63, 3.8) is 0 Å². The first-order chi connectivity index (χ1) is 16.0. The van der Waals surface area contributed by atoms with E-state index in [1.165, 1.54) is 22.6 Å². The Labute approximate surface area is 188 Å². The van der Waals surface area contributed by atoms with E-state index in [4.69, 9.17) is 9.47 Å². The lowest BCUT2D eigenvalue weighted by molar-refractivity contribution is -0.137. The first-order valence-electron chi connectivity index (χ1n) is 10.6. The standard InChI is InChI=1S/C19H27N9O5/c1-4-6-21-15-11-16(24-19(23-15)28-8-10(25-26-28)5-7-32-3)27(9-22-11)18-13(30)12(29)14(33-18)17(31)20-2/h8-9,12-14,18,29-30H,4-7H2,1-3H3,(H,20,31)(H,21,23,24)/t12-,13+,14+,18+/m0/s1. The number of nitrogens with zero attached hydrogens (tertiary/aromatic N) is 7. The van der Waals surface area contributed by atoms with E-state index >= 15 is 0 Å². The van der Waals surface area contributed by atoms with E-state index in [1.807, 2.05) is 6.92 Å². The zero-order chi connectivity index (χ0) is 23.5. The van der Waals surface area contributed by atoms with Gasteiger partial charge in [-0.25, -0.2) is 4.98 Å². The van der Waals surface area contributed by atoms with Gasteiger partial charge in [0, 0.05) is 27.1 Å². The monoisotopic (exact) mass is 461 g/mol. The normalized spacial score (nSPS) is 22.7. The maximum absolute atomic E-state index is 12.0. The fraction of sp³-hybridized carbons (Fsp3) is 0.579. The molecule has 14 heteroatoms. The maximum Gasteiger partial charge on any atom is 0.256 e. The molecule has 0 aliphatic carbocycles. The van der Waals surface area contributed by atoms with Crippen molar-refractivity contribution in [3.8, 4) is 5.95 Å². The summed E-state index contributed by atoms with van der Waals surface area (Å²) in [7, 11) is 3.04. The molecule has 33 heavy (non-hydrogen) atoms. The Morgan fingerprint density at radius 2 is 2.12 bits per heavy atom. The SMILES string of the molecule is CCCNc1nc(-n2cc(CCOC)nn2)nc2c1ncn2[C@@H]1O[C@@H](C(=O)NC)[C@@H](O)[C@H]1O. The highest BCUT2D eigenvalue weighted by atomic mass is 16.6. The summed E-state index contributed by atoms with van der Waals surface area (Å²) in [5.74, 6) is 0.163. The number of likely N-dealkylation sites (N-methyl/N-ethyl adjacent to an activating group) is 1. The Balaban J connectivity index is 1.75. The number of carbonyl (C=O) groups is 1. The summed E-state index contributed by atoms with van der Waals surface area (Å²) < 4.78 is 13.7. The average Bonchev–Trinajstić information content (AvgIpc) is 3.54. The first-order valence-corrected chi connectivity index (χ1v) is 10.6. The summed E-state index contributed by atoms with van der Waals surface area (Å²) >= 11 is 0. The number of hydrogen-bond acceptors (Lipinski definition) is 11. The second kappa shape index (κ2) is 9.74. The number of fused-ring (bicyclic) bond motifs is 1. The van der Waals surface area contributed by atoms with E-state index in [0.29, 0.717) is 42.2 Å². The highest BCUT2D eigenvalue weighted by Crippen LogP contribution is 2.33. The first kappa shape index (κ1) is 23.0. The fourth-order valence-corrected chi connectivity index (χ4v) is 3.53. The number of methoxy groups -OCH3 is 1. The summed E-state index contributed by atoms with van der Waals surface area (Å²) in [6.45, 7) is 3.17. The Morgan fingerprint density at radius 3 is 2.85 bits per heavy atom. The summed E-state index contributed by atoms with van der Waals surface area (Å²) in [5, 5.41) is 34.8. The minimum Gasteiger partial charge on any atom is -0.387 e. The fourth-order valence-electron chi connectivity index (χ4n) is 3.53. The van der Waals surface area contributed by atoms with Crippen molar-refractivity contribution < 1.29 is 24.5 Å². The zero-order valence-corrected chi connectivity index (χ0v) is 18.5. The van der Waals surface area contributed by atoms with Crippen molar-refractivity contribution >= 4 is 22.9 Å². The van der Waals surface area contributed by atoms with Gasteiger partial charge in [-0.2, -0.15) is 14.6 Å². The number of rotatable bonds is 9. The lowest BCUT2D eigenvalue weighted by Crippen LogP contribution is -2.41. The molecule has 3 aromatic rings. The van der Waals surface area contributed by atoms with Gasteiger partial charge >= 0.3 is 0 Å². The maximum atomic E-state index is 12.0. The lowest BCUT2D eigenvalue weighted by atomic mass is 10.1. The van der Waals surface area contributed by atoms with Crippen LogP contribution < -0.4 is 10.6 Å². The van der Waals surface area contributed by atoms with E-state index in [1.54, 1.807) is 13.3 Å². The van der Waals surface area contributed by atoms with Crippen molar-refractivity contribution in [2.24, 2.45) is 0 Å². The number of carbonyl (C=O) groups excluding carboxylic acids is 1. The van der Waals surface area contributed by atoms with E-state index < -0.39 is 30.4 Å². The van der Waals surface area contributed by atoms with E-state index in [9.17, 15) is 15.0 Å². The van der Waals surface area contributed by atoms with Crippen LogP contribution in [0.2, 0.25) is 0 Å². The highest BCUT2D eigenvalue weighted by molar-refractivity contribution is 5.84. The quantitative estimate of drug-likeness (QED) is 0.301. The number of ether oxygens (including phenoxy) is 2. The van der Waals surface area contributed by atoms with Gasteiger partial charge in [0.15, 0.2) is 29.3 Å². The molecule has 3 aromatic heterocycles. The number of aliphatic hydroxyl groups is 2. The number of amides is 1. The minimum absolute atomic E-state index is 0.231. The van der Waals surface area contributed by atoms with Gasteiger partial charge in [-0.3, -0.25) is 9.36 Å². The molecule has 178 valence electrons. The van der Waals surface area contributed by atoms with Gasteiger partial charge in [0.2, 0.25) is 0 Å². The molecule has 0 bridgehead atoms. The van der Waals surface area contributed by atoms with Crippen LogP contribution in [-0.4, -0.2) is 96.3 Å². The zero-order valence-electron chi connectivity index (χ0n) is 18.5. The average molecular weight is 461 g/mol. The largest absolute Gasteiger partial charge is 0.387 e. The van der Waals surface area contributed by atoms with Gasteiger partial charge < -0.3 is 30.3 Å². The predicted molar refractivity (Wildman–Crippen MR) is 115 cm³/mol. The van der Waals surface area contributed by atoms with Crippen LogP contribution >= 0.6 is 0 Å². The van der Waals surface area contributed by atoms with Gasteiger partial charge in [0.1, 0.15) is 12.2 Å². The number of anilines is 1. The Morgan fingerprint density at radius 1 is 1.30 bits per heavy atom. The number of nitrogens with one attached hydrogen (secondary N) is 2. The van der Waals surface area contributed by atoms with Crippen LogP contribution in [-0.2, 0) is 20.7 Å². The second-order valence-corrected chi connectivity index (χ2v) is 7.56. The Kier molecular flexibility index (Phi) is 6.78. The predicted octanol–water partition coefficient (Wildman–Crippen LogP) is -1.22. The molecule has 4 rings (SSSR count). The van der Waals surface area contributed by atoms with Gasteiger partial charge in [0.25, 0.3) is 11.9 Å². The molecule has 0 unspecified atom stereocenters. The topological polar surface area (TPSA) is 174 Å². The van der Waals surface area contributed by atoms with Crippen molar-refractivity contribution in [3.05, 3.63) is 18.2 Å². The summed E-state index contributed by atoms with van der Waals surface area (Å²) in [5.41, 5.74) is 1.49. The third kappa shape index (κ3) is 4.37. The van der Waals surface area contributed by atoms with Crippen LogP contribution in [0, 0.1) is 0 Å². The van der Waals surface area contributed by atoms with E-state index in [2.05, 4.69) is 35.9 Å². The van der Waals surface area contributed by atoms with Crippen molar-refractivity contribution in [1.29, 1.82) is 0 Å². The van der Waals surface area contributed by atoms with E-state index in [0.717, 1.165) is 6.42 Å². The van der Waals surface area contributed by atoms with Crippen LogP contribution in [0.4, 0.5) is 5.82 Å². The number of imidazole rings is 1. The highest BCUT2D eigenvalue weighted by Gasteiger charge is 2.47. The minimum atomic E-state index is -1.41. The molecule has 1 amide bonds. The van der Waals surface area contributed by atoms with Crippen LogP contribution in [0.25, 0.3) is 17.1 Å². The molecule has 4 heterocycles. The summed E-state index contributed by atoms with van der Waals surface area (Å²) in [6.07, 6.45) is -0.524. The summed E-state index contributed by atoms with van der Waals surface area (Å²) in [6, 6.07) is 0. The molecule has 1 aliphatic rings. The van der Waals surface area contributed by atoms with Gasteiger partial charge in [-0.05, 0) is 6.42 Å². The van der Waals surface area contributed by atoms with Crippen molar-refractivity contribution in [2.75, 3.05) is 32.6 Å². The van der Waals surface area contributed by atoms with Crippen LogP contribution in [0.3, 0.4) is 0 Å². The molecule has 0 saturated carbocycles. The van der Waals surface area contributed by atoms with Gasteiger partial charge in [0.05, 0.1) is 24.8 Å². The van der Waals surface area contributed by atoms with Crippen molar-refractivity contribution in [1.82, 2.24) is 39.8 Å². The number of aromatic nitrogens is 7. The van der Waals surface area contributed by atoms with E-state index in [-0.39, 0.29) is 5.95 Å². The molecule has 1 saturated heterocycles. The smallest absolute Gasteiger partial charge is 0.256 e. The van der Waals surface area contributed by atoms with Gasteiger partial charge in [-0.1, -0.05) is 12.1 Å². The molecule has 4 N–H and O–H groups in total. The molecule has 0 aromatic carbocycles. The molecule has 4 atom stereocenters. The molecule has 1 aliphatic heterocycles. The molecule has 0 spiro atoms. The molecular formula is C19H27N9O5. The molecule has 14 nitrogen and oxygen atoms in total. The van der Waals surface area contributed by atoms with Crippen LogP contribution in [0.1, 0.15) is 25.3 Å². The number of aliphatic hydroxyl groups excluding tert-OH is 2. The third-order valence-electron chi connectivity index (χ3n) is 5.28.